The number of morpholine rings is 1. The number of rotatable bonds is 3. The van der Waals surface area contributed by atoms with Crippen molar-refractivity contribution in [2.45, 2.75) is 25.3 Å². The number of nitrogens with zero attached hydrogens (tertiary/aromatic N) is 2. The summed E-state index contributed by atoms with van der Waals surface area (Å²) in [7, 11) is 0. The third kappa shape index (κ3) is 2.99. The van der Waals surface area contributed by atoms with Gasteiger partial charge in [0, 0.05) is 30.9 Å². The van der Waals surface area contributed by atoms with E-state index in [9.17, 15) is 14.7 Å². The number of carbonyl (C=O) groups excluding carboxylic acids is 1. The minimum absolute atomic E-state index is 0.120. The third-order valence-electron chi connectivity index (χ3n) is 5.89. The molecule has 4 rings (SSSR count). The first-order valence-electron chi connectivity index (χ1n) is 9.11. The van der Waals surface area contributed by atoms with E-state index in [2.05, 4.69) is 4.90 Å². The van der Waals surface area contributed by atoms with Gasteiger partial charge in [0.2, 0.25) is 0 Å². The van der Waals surface area contributed by atoms with E-state index >= 15 is 0 Å². The number of amides is 1. The number of anilines is 1. The molecule has 3 unspecified atom stereocenters. The van der Waals surface area contributed by atoms with Crippen LogP contribution in [0.5, 0.6) is 0 Å². The molecule has 134 valence electrons. The number of carbonyl (C=O) groups is 2. The topological polar surface area (TPSA) is 70.1 Å². The molecule has 25 heavy (non-hydrogen) atoms. The summed E-state index contributed by atoms with van der Waals surface area (Å²) in [6.45, 7) is 3.72. The summed E-state index contributed by atoms with van der Waals surface area (Å²) in [5.41, 5.74) is 1.65. The Hall–Kier alpha value is -2.08. The van der Waals surface area contributed by atoms with E-state index in [1.807, 2.05) is 24.3 Å². The van der Waals surface area contributed by atoms with Gasteiger partial charge in [0.05, 0.1) is 13.2 Å². The van der Waals surface area contributed by atoms with Crippen molar-refractivity contribution in [3.8, 4) is 0 Å². The first-order chi connectivity index (χ1) is 12.1. The number of hydrogen-bond acceptors (Lipinski definition) is 4. The molecule has 1 aromatic rings. The molecular formula is C19H24N2O4. The minimum atomic E-state index is -0.868. The highest BCUT2D eigenvalue weighted by molar-refractivity contribution is 5.97. The summed E-state index contributed by atoms with van der Waals surface area (Å²) < 4.78 is 5.36. The fraction of sp³-hybridized carbons (Fsp3) is 0.579. The van der Waals surface area contributed by atoms with E-state index in [0.29, 0.717) is 18.0 Å². The predicted molar refractivity (Wildman–Crippen MR) is 92.8 cm³/mol. The SMILES string of the molecule is O=C(O)C1C2CCCC2CN1C(=O)c1ccc(N2CCOCC2)cc1. The normalized spacial score (nSPS) is 28.9. The summed E-state index contributed by atoms with van der Waals surface area (Å²) in [5, 5.41) is 9.63. The maximum absolute atomic E-state index is 12.9. The number of likely N-dealkylation sites (tertiary alicyclic amines) is 1. The van der Waals surface area contributed by atoms with Crippen molar-refractivity contribution in [2.24, 2.45) is 11.8 Å². The molecule has 0 radical (unpaired) electrons. The highest BCUT2D eigenvalue weighted by Crippen LogP contribution is 2.42. The molecule has 1 aromatic carbocycles. The lowest BCUT2D eigenvalue weighted by Gasteiger charge is -2.29. The lowest BCUT2D eigenvalue weighted by atomic mass is 9.94. The maximum atomic E-state index is 12.9. The summed E-state index contributed by atoms with van der Waals surface area (Å²) in [6.07, 6.45) is 3.03. The van der Waals surface area contributed by atoms with Gasteiger partial charge in [0.25, 0.3) is 5.91 Å². The van der Waals surface area contributed by atoms with Gasteiger partial charge in [-0.2, -0.15) is 0 Å². The van der Waals surface area contributed by atoms with Gasteiger partial charge in [-0.15, -0.1) is 0 Å². The zero-order valence-electron chi connectivity index (χ0n) is 14.3. The van der Waals surface area contributed by atoms with Crippen molar-refractivity contribution in [2.75, 3.05) is 37.7 Å². The fourth-order valence-corrected chi connectivity index (χ4v) is 4.63. The molecule has 1 N–H and O–H groups in total. The Morgan fingerprint density at radius 3 is 2.48 bits per heavy atom. The summed E-state index contributed by atoms with van der Waals surface area (Å²) in [4.78, 5) is 28.5. The maximum Gasteiger partial charge on any atom is 0.326 e. The molecule has 2 aliphatic heterocycles. The number of hydrogen-bond donors (Lipinski definition) is 1. The second-order valence-electron chi connectivity index (χ2n) is 7.24. The van der Waals surface area contributed by atoms with Gasteiger partial charge in [-0.25, -0.2) is 4.79 Å². The summed E-state index contributed by atoms with van der Waals surface area (Å²) in [5.74, 6) is -0.560. The molecule has 1 amide bonds. The van der Waals surface area contributed by atoms with Crippen LogP contribution in [0.4, 0.5) is 5.69 Å². The van der Waals surface area contributed by atoms with Crippen LogP contribution in [0.25, 0.3) is 0 Å². The summed E-state index contributed by atoms with van der Waals surface area (Å²) in [6, 6.07) is 6.87. The number of carboxylic acid groups (broad SMARTS) is 1. The Labute approximate surface area is 147 Å². The number of benzene rings is 1. The molecule has 3 fully saturated rings. The number of ether oxygens (including phenoxy) is 1. The van der Waals surface area contributed by atoms with Gasteiger partial charge >= 0.3 is 5.97 Å². The van der Waals surface area contributed by atoms with Crippen LogP contribution in [0.3, 0.4) is 0 Å². The quantitative estimate of drug-likeness (QED) is 0.906. The van der Waals surface area contributed by atoms with E-state index in [-0.39, 0.29) is 11.8 Å². The van der Waals surface area contributed by atoms with Crippen molar-refractivity contribution >= 4 is 17.6 Å². The van der Waals surface area contributed by atoms with Crippen LogP contribution < -0.4 is 4.90 Å². The molecule has 1 aliphatic carbocycles. The Balaban J connectivity index is 1.51. The lowest BCUT2D eigenvalue weighted by Crippen LogP contribution is -2.43. The van der Waals surface area contributed by atoms with Crippen LogP contribution >= 0.6 is 0 Å². The average molecular weight is 344 g/mol. The molecule has 3 atom stereocenters. The van der Waals surface area contributed by atoms with E-state index in [1.54, 1.807) is 4.90 Å². The van der Waals surface area contributed by atoms with Crippen molar-refractivity contribution in [1.29, 1.82) is 0 Å². The highest BCUT2D eigenvalue weighted by atomic mass is 16.5. The van der Waals surface area contributed by atoms with Gasteiger partial charge in [0.15, 0.2) is 0 Å². The molecule has 0 aromatic heterocycles. The van der Waals surface area contributed by atoms with E-state index in [0.717, 1.165) is 51.3 Å². The van der Waals surface area contributed by atoms with Crippen molar-refractivity contribution in [1.82, 2.24) is 4.90 Å². The minimum Gasteiger partial charge on any atom is -0.480 e. The molecule has 0 spiro atoms. The van der Waals surface area contributed by atoms with Crippen LogP contribution in [0, 0.1) is 11.8 Å². The van der Waals surface area contributed by atoms with Crippen molar-refractivity contribution < 1.29 is 19.4 Å². The lowest BCUT2D eigenvalue weighted by molar-refractivity contribution is -0.142. The van der Waals surface area contributed by atoms with Crippen LogP contribution in [-0.4, -0.2) is 60.8 Å². The van der Waals surface area contributed by atoms with Gasteiger partial charge in [0.1, 0.15) is 6.04 Å². The zero-order chi connectivity index (χ0) is 17.4. The highest BCUT2D eigenvalue weighted by Gasteiger charge is 2.49. The Morgan fingerprint density at radius 1 is 1.08 bits per heavy atom. The molecule has 3 aliphatic rings. The zero-order valence-corrected chi connectivity index (χ0v) is 14.3. The smallest absolute Gasteiger partial charge is 0.326 e. The molecule has 6 nitrogen and oxygen atoms in total. The van der Waals surface area contributed by atoms with E-state index < -0.39 is 12.0 Å². The summed E-state index contributed by atoms with van der Waals surface area (Å²) >= 11 is 0. The van der Waals surface area contributed by atoms with Gasteiger partial charge in [-0.05, 0) is 48.9 Å². The number of fused-ring (bicyclic) bond motifs is 1. The Bertz CT molecular complexity index is 654. The van der Waals surface area contributed by atoms with E-state index in [4.69, 9.17) is 4.74 Å². The number of carboxylic acids is 1. The molecule has 2 heterocycles. The molecule has 1 saturated carbocycles. The largest absolute Gasteiger partial charge is 0.480 e. The Kier molecular flexibility index (Phi) is 4.37. The van der Waals surface area contributed by atoms with Crippen LogP contribution in [-0.2, 0) is 9.53 Å². The first-order valence-corrected chi connectivity index (χ1v) is 9.11. The predicted octanol–water partition coefficient (Wildman–Crippen LogP) is 1.85. The fourth-order valence-electron chi connectivity index (χ4n) is 4.63. The molecule has 0 bridgehead atoms. The van der Waals surface area contributed by atoms with E-state index in [1.165, 1.54) is 0 Å². The van der Waals surface area contributed by atoms with Crippen LogP contribution in [0.1, 0.15) is 29.6 Å². The standard InChI is InChI=1S/C19H24N2O4/c22-18(21-12-14-2-1-3-16(14)17(21)19(23)24)13-4-6-15(7-5-13)20-8-10-25-11-9-20/h4-7,14,16-17H,1-3,8-12H2,(H,23,24). The van der Waals surface area contributed by atoms with Gasteiger partial charge in [-0.1, -0.05) is 6.42 Å². The molecule has 6 heteroatoms. The molecule has 2 saturated heterocycles. The van der Waals surface area contributed by atoms with Crippen LogP contribution in [0.15, 0.2) is 24.3 Å². The second kappa shape index (κ2) is 6.67. The molecular weight excluding hydrogens is 320 g/mol. The van der Waals surface area contributed by atoms with Crippen molar-refractivity contribution in [3.05, 3.63) is 29.8 Å². The monoisotopic (exact) mass is 344 g/mol. The second-order valence-corrected chi connectivity index (χ2v) is 7.24. The third-order valence-corrected chi connectivity index (χ3v) is 5.89. The van der Waals surface area contributed by atoms with Crippen molar-refractivity contribution in [3.63, 3.8) is 0 Å². The van der Waals surface area contributed by atoms with Gasteiger partial charge in [-0.3, -0.25) is 4.79 Å². The Morgan fingerprint density at radius 2 is 1.80 bits per heavy atom. The first kappa shape index (κ1) is 16.4. The van der Waals surface area contributed by atoms with Gasteiger partial charge < -0.3 is 19.6 Å². The van der Waals surface area contributed by atoms with Crippen LogP contribution in [0.2, 0.25) is 0 Å². The number of aliphatic carboxylic acids is 1. The average Bonchev–Trinajstić information content (AvgIpc) is 3.22.